The number of rotatable bonds is 2. The Bertz CT molecular complexity index is 543. The molecule has 0 aliphatic carbocycles. The highest BCUT2D eigenvalue weighted by molar-refractivity contribution is 5.58. The minimum Gasteiger partial charge on any atom is -0.297 e. The van der Waals surface area contributed by atoms with E-state index in [1.165, 1.54) is 0 Å². The van der Waals surface area contributed by atoms with Gasteiger partial charge in [0.15, 0.2) is 6.33 Å². The van der Waals surface area contributed by atoms with Crippen LogP contribution in [0.3, 0.4) is 0 Å². The van der Waals surface area contributed by atoms with E-state index >= 15 is 0 Å². The van der Waals surface area contributed by atoms with Gasteiger partial charge in [0.05, 0.1) is 5.69 Å². The molecule has 0 fully saturated rings. The van der Waals surface area contributed by atoms with Crippen molar-refractivity contribution >= 4 is 0 Å². The highest BCUT2D eigenvalue weighted by atomic mass is 15.0. The minimum atomic E-state index is 0.939. The molecule has 0 saturated carbocycles. The molecular formula is C15H11N2. The molecule has 17 heavy (non-hydrogen) atoms. The van der Waals surface area contributed by atoms with Crippen LogP contribution in [-0.2, 0) is 0 Å². The van der Waals surface area contributed by atoms with Crippen molar-refractivity contribution in [1.29, 1.82) is 0 Å². The highest BCUT2D eigenvalue weighted by Gasteiger charge is 2.02. The fourth-order valence-electron chi connectivity index (χ4n) is 1.76. The summed E-state index contributed by atoms with van der Waals surface area (Å²) in [6.45, 7) is 0. The number of hydrogen-bond donors (Lipinski definition) is 0. The van der Waals surface area contributed by atoms with Gasteiger partial charge in [0.2, 0.25) is 0 Å². The molecule has 0 atom stereocenters. The predicted molar refractivity (Wildman–Crippen MR) is 67.8 cm³/mol. The third-order valence-electron chi connectivity index (χ3n) is 2.63. The van der Waals surface area contributed by atoms with Gasteiger partial charge in [0, 0.05) is 17.4 Å². The average Bonchev–Trinajstić information content (AvgIpc) is 2.90. The van der Waals surface area contributed by atoms with Gasteiger partial charge in [0.1, 0.15) is 0 Å². The molecule has 0 N–H and O–H groups in total. The van der Waals surface area contributed by atoms with Gasteiger partial charge in [-0.05, 0) is 12.1 Å². The first-order valence-electron chi connectivity index (χ1n) is 5.51. The molecule has 0 aliphatic heterocycles. The maximum Gasteiger partial charge on any atom is 0.182 e. The molecule has 1 aromatic heterocycles. The van der Waals surface area contributed by atoms with E-state index in [4.69, 9.17) is 0 Å². The van der Waals surface area contributed by atoms with Gasteiger partial charge < -0.3 is 0 Å². The normalized spacial score (nSPS) is 10.4. The SMILES string of the molecule is [c]1nc(-c2ccccc2)cn1-c1ccccc1. The van der Waals surface area contributed by atoms with E-state index in [1.54, 1.807) is 0 Å². The van der Waals surface area contributed by atoms with Crippen molar-refractivity contribution in [2.45, 2.75) is 0 Å². The van der Waals surface area contributed by atoms with Crippen LogP contribution >= 0.6 is 0 Å². The lowest BCUT2D eigenvalue weighted by Crippen LogP contribution is -1.88. The summed E-state index contributed by atoms with van der Waals surface area (Å²) < 4.78 is 1.91. The molecule has 0 amide bonds. The third-order valence-corrected chi connectivity index (χ3v) is 2.63. The fraction of sp³-hybridized carbons (Fsp3) is 0. The summed E-state index contributed by atoms with van der Waals surface area (Å²) in [5.41, 5.74) is 3.12. The Hall–Kier alpha value is -2.35. The van der Waals surface area contributed by atoms with E-state index in [1.807, 2.05) is 71.4 Å². The molecular weight excluding hydrogens is 208 g/mol. The van der Waals surface area contributed by atoms with Gasteiger partial charge in [-0.2, -0.15) is 0 Å². The van der Waals surface area contributed by atoms with Gasteiger partial charge in [0.25, 0.3) is 0 Å². The lowest BCUT2D eigenvalue weighted by Gasteiger charge is -1.99. The highest BCUT2D eigenvalue weighted by Crippen LogP contribution is 2.17. The van der Waals surface area contributed by atoms with Crippen LogP contribution in [0.15, 0.2) is 66.9 Å². The molecule has 1 heterocycles. The van der Waals surface area contributed by atoms with Crippen molar-refractivity contribution in [3.63, 3.8) is 0 Å². The summed E-state index contributed by atoms with van der Waals surface area (Å²) in [5.74, 6) is 0. The quantitative estimate of drug-likeness (QED) is 0.646. The molecule has 3 rings (SSSR count). The predicted octanol–water partition coefficient (Wildman–Crippen LogP) is 3.34. The van der Waals surface area contributed by atoms with Gasteiger partial charge >= 0.3 is 0 Å². The van der Waals surface area contributed by atoms with Crippen molar-refractivity contribution in [3.8, 4) is 16.9 Å². The van der Waals surface area contributed by atoms with Crippen LogP contribution in [0.5, 0.6) is 0 Å². The summed E-state index contributed by atoms with van der Waals surface area (Å²) in [6.07, 6.45) is 4.98. The Kier molecular flexibility index (Phi) is 2.47. The Morgan fingerprint density at radius 3 is 2.18 bits per heavy atom. The Balaban J connectivity index is 1.99. The molecule has 2 aromatic carbocycles. The molecule has 0 saturated heterocycles. The monoisotopic (exact) mass is 219 g/mol. The molecule has 1 radical (unpaired) electrons. The molecule has 0 bridgehead atoms. The van der Waals surface area contributed by atoms with E-state index < -0.39 is 0 Å². The average molecular weight is 219 g/mol. The third kappa shape index (κ3) is 1.97. The molecule has 81 valence electrons. The van der Waals surface area contributed by atoms with E-state index in [9.17, 15) is 0 Å². The van der Waals surface area contributed by atoms with Crippen molar-refractivity contribution in [1.82, 2.24) is 9.55 Å². The van der Waals surface area contributed by atoms with Crippen LogP contribution in [0, 0.1) is 6.33 Å². The molecule has 3 aromatic rings. The van der Waals surface area contributed by atoms with Crippen molar-refractivity contribution in [2.75, 3.05) is 0 Å². The van der Waals surface area contributed by atoms with Crippen LogP contribution < -0.4 is 0 Å². The molecule has 0 aliphatic rings. The Morgan fingerprint density at radius 1 is 0.824 bits per heavy atom. The number of imidazole rings is 1. The number of nitrogens with zero attached hydrogens (tertiary/aromatic N) is 2. The zero-order valence-corrected chi connectivity index (χ0v) is 9.25. The van der Waals surface area contributed by atoms with Crippen LogP contribution in [0.1, 0.15) is 0 Å². The summed E-state index contributed by atoms with van der Waals surface area (Å²) in [6, 6.07) is 20.2. The molecule has 0 spiro atoms. The maximum atomic E-state index is 4.30. The lowest BCUT2D eigenvalue weighted by molar-refractivity contribution is 1.04. The summed E-state index contributed by atoms with van der Waals surface area (Å²) in [7, 11) is 0. The molecule has 2 nitrogen and oxygen atoms in total. The zero-order valence-electron chi connectivity index (χ0n) is 9.25. The topological polar surface area (TPSA) is 17.8 Å². The van der Waals surface area contributed by atoms with Crippen molar-refractivity contribution in [2.24, 2.45) is 0 Å². The number of aromatic nitrogens is 2. The Morgan fingerprint density at radius 2 is 1.47 bits per heavy atom. The number of benzene rings is 2. The Labute approximate surface area is 100 Å². The van der Waals surface area contributed by atoms with Crippen molar-refractivity contribution in [3.05, 3.63) is 73.2 Å². The van der Waals surface area contributed by atoms with Crippen LogP contribution in [0.4, 0.5) is 0 Å². The number of hydrogen-bond acceptors (Lipinski definition) is 1. The van der Waals surface area contributed by atoms with Crippen molar-refractivity contribution < 1.29 is 0 Å². The second kappa shape index (κ2) is 4.26. The zero-order chi connectivity index (χ0) is 11.5. The number of para-hydroxylation sites is 1. The van der Waals surface area contributed by atoms with Gasteiger partial charge in [-0.25, -0.2) is 4.98 Å². The second-order valence-corrected chi connectivity index (χ2v) is 3.80. The first-order valence-corrected chi connectivity index (χ1v) is 5.51. The standard InChI is InChI=1S/C15H11N2/c1-3-7-13(8-4-1)15-11-17(12-16-15)14-9-5-2-6-10-14/h1-11H. The van der Waals surface area contributed by atoms with Gasteiger partial charge in [-0.3, -0.25) is 4.57 Å². The summed E-state index contributed by atoms with van der Waals surface area (Å²) >= 11 is 0. The smallest absolute Gasteiger partial charge is 0.182 e. The first-order chi connectivity index (χ1) is 8.43. The largest absolute Gasteiger partial charge is 0.297 e. The summed E-state index contributed by atoms with van der Waals surface area (Å²) in [4.78, 5) is 4.30. The maximum absolute atomic E-state index is 4.30. The molecule has 0 unspecified atom stereocenters. The van der Waals surface area contributed by atoms with E-state index in [-0.39, 0.29) is 0 Å². The lowest BCUT2D eigenvalue weighted by atomic mass is 10.2. The van der Waals surface area contributed by atoms with E-state index in [2.05, 4.69) is 11.3 Å². The summed E-state index contributed by atoms with van der Waals surface area (Å²) in [5, 5.41) is 0. The van der Waals surface area contributed by atoms with Gasteiger partial charge in [-0.1, -0.05) is 48.5 Å². The van der Waals surface area contributed by atoms with Crippen LogP contribution in [-0.4, -0.2) is 9.55 Å². The van der Waals surface area contributed by atoms with E-state index in [0.717, 1.165) is 16.9 Å². The van der Waals surface area contributed by atoms with Crippen LogP contribution in [0.2, 0.25) is 0 Å². The molecule has 2 heteroatoms. The second-order valence-electron chi connectivity index (χ2n) is 3.80. The fourth-order valence-corrected chi connectivity index (χ4v) is 1.76. The first kappa shape index (κ1) is 9.85. The van der Waals surface area contributed by atoms with Crippen LogP contribution in [0.25, 0.3) is 16.9 Å². The van der Waals surface area contributed by atoms with Gasteiger partial charge in [-0.15, -0.1) is 0 Å². The minimum absolute atomic E-state index is 0.939. The van der Waals surface area contributed by atoms with E-state index in [0.29, 0.717) is 0 Å².